The smallest absolute Gasteiger partial charge is 0.191 e. The average Bonchev–Trinajstić information content (AvgIpc) is 3.07. The standard InChI is InChI=1S/C14H18Cl2N4O.HI/c1-17-14(18-6-5-11-4-3-7-21-11)19-9-10-8-12(15)13(16)20(10)2;/h3-4,7-8H,5-6,9H2,1-2H3,(H2,17,18,19);1H. The molecule has 0 unspecified atom stereocenters. The van der Waals surface area contributed by atoms with Gasteiger partial charge in [-0.1, -0.05) is 23.2 Å². The van der Waals surface area contributed by atoms with Crippen LogP contribution < -0.4 is 10.6 Å². The highest BCUT2D eigenvalue weighted by Crippen LogP contribution is 2.24. The molecule has 0 saturated carbocycles. The normalized spacial score (nSPS) is 11.2. The summed E-state index contributed by atoms with van der Waals surface area (Å²) in [4.78, 5) is 4.17. The average molecular weight is 457 g/mol. The van der Waals surface area contributed by atoms with E-state index in [1.54, 1.807) is 13.3 Å². The fraction of sp³-hybridized carbons (Fsp3) is 0.357. The van der Waals surface area contributed by atoms with E-state index in [0.29, 0.717) is 16.7 Å². The van der Waals surface area contributed by atoms with E-state index < -0.39 is 0 Å². The van der Waals surface area contributed by atoms with Crippen molar-refractivity contribution in [2.45, 2.75) is 13.0 Å². The largest absolute Gasteiger partial charge is 0.469 e. The van der Waals surface area contributed by atoms with E-state index in [2.05, 4.69) is 15.6 Å². The lowest BCUT2D eigenvalue weighted by molar-refractivity contribution is 0.506. The number of aliphatic imine (C=N–C) groups is 1. The maximum absolute atomic E-state index is 6.04. The van der Waals surface area contributed by atoms with Gasteiger partial charge in [0.1, 0.15) is 10.9 Å². The molecule has 2 rings (SSSR count). The summed E-state index contributed by atoms with van der Waals surface area (Å²) in [6, 6.07) is 5.67. The van der Waals surface area contributed by atoms with Gasteiger partial charge in [-0.05, 0) is 18.2 Å². The zero-order chi connectivity index (χ0) is 15.2. The molecule has 0 bridgehead atoms. The van der Waals surface area contributed by atoms with Gasteiger partial charge < -0.3 is 19.6 Å². The molecular formula is C14H19Cl2IN4O. The van der Waals surface area contributed by atoms with Crippen molar-refractivity contribution in [1.29, 1.82) is 0 Å². The molecule has 0 aromatic carbocycles. The molecule has 2 heterocycles. The number of guanidine groups is 1. The van der Waals surface area contributed by atoms with Gasteiger partial charge in [-0.3, -0.25) is 4.99 Å². The molecule has 0 aliphatic carbocycles. The summed E-state index contributed by atoms with van der Waals surface area (Å²) in [5, 5.41) is 7.53. The first-order valence-corrected chi connectivity index (χ1v) is 7.34. The van der Waals surface area contributed by atoms with E-state index in [4.69, 9.17) is 27.6 Å². The van der Waals surface area contributed by atoms with E-state index in [9.17, 15) is 0 Å². The van der Waals surface area contributed by atoms with Gasteiger partial charge in [-0.15, -0.1) is 24.0 Å². The lowest BCUT2D eigenvalue weighted by Crippen LogP contribution is -2.38. The van der Waals surface area contributed by atoms with Crippen molar-refractivity contribution >= 4 is 53.1 Å². The Bertz CT molecular complexity index is 611. The molecular weight excluding hydrogens is 438 g/mol. The Morgan fingerprint density at radius 3 is 2.68 bits per heavy atom. The number of hydrogen-bond acceptors (Lipinski definition) is 2. The van der Waals surface area contributed by atoms with E-state index >= 15 is 0 Å². The second-order valence-electron chi connectivity index (χ2n) is 4.52. The van der Waals surface area contributed by atoms with Crippen LogP contribution in [0.3, 0.4) is 0 Å². The maximum Gasteiger partial charge on any atom is 0.191 e. The van der Waals surface area contributed by atoms with Crippen molar-refractivity contribution < 1.29 is 4.42 Å². The van der Waals surface area contributed by atoms with E-state index in [1.165, 1.54) is 0 Å². The number of nitrogens with one attached hydrogen (secondary N) is 2. The van der Waals surface area contributed by atoms with Gasteiger partial charge in [-0.25, -0.2) is 0 Å². The minimum atomic E-state index is 0. The first-order chi connectivity index (χ1) is 10.1. The van der Waals surface area contributed by atoms with Gasteiger partial charge in [0.2, 0.25) is 0 Å². The molecule has 5 nitrogen and oxygen atoms in total. The Morgan fingerprint density at radius 1 is 1.36 bits per heavy atom. The lowest BCUT2D eigenvalue weighted by Gasteiger charge is -2.12. The summed E-state index contributed by atoms with van der Waals surface area (Å²) in [6.07, 6.45) is 2.47. The van der Waals surface area contributed by atoms with Crippen LogP contribution >= 0.6 is 47.2 Å². The Morgan fingerprint density at radius 2 is 2.14 bits per heavy atom. The predicted molar refractivity (Wildman–Crippen MR) is 101 cm³/mol. The first kappa shape index (κ1) is 19.2. The topological polar surface area (TPSA) is 54.5 Å². The second kappa shape index (κ2) is 9.32. The summed E-state index contributed by atoms with van der Waals surface area (Å²) in [7, 11) is 3.60. The molecule has 0 saturated heterocycles. The molecule has 22 heavy (non-hydrogen) atoms. The van der Waals surface area contributed by atoms with Crippen LogP contribution in [0.15, 0.2) is 33.9 Å². The number of rotatable bonds is 5. The quantitative estimate of drug-likeness (QED) is 0.411. The minimum Gasteiger partial charge on any atom is -0.469 e. The van der Waals surface area contributed by atoms with Crippen LogP contribution in [-0.2, 0) is 20.0 Å². The van der Waals surface area contributed by atoms with Crippen molar-refractivity contribution in [2.24, 2.45) is 12.0 Å². The monoisotopic (exact) mass is 456 g/mol. The highest BCUT2D eigenvalue weighted by molar-refractivity contribution is 14.0. The fourth-order valence-corrected chi connectivity index (χ4v) is 2.33. The van der Waals surface area contributed by atoms with Gasteiger partial charge in [-0.2, -0.15) is 0 Å². The molecule has 2 aromatic rings. The lowest BCUT2D eigenvalue weighted by atomic mass is 10.3. The molecule has 0 amide bonds. The van der Waals surface area contributed by atoms with Crippen molar-refractivity contribution in [3.8, 4) is 0 Å². The van der Waals surface area contributed by atoms with Crippen LogP contribution in [0.5, 0.6) is 0 Å². The van der Waals surface area contributed by atoms with Gasteiger partial charge >= 0.3 is 0 Å². The Labute approximate surface area is 157 Å². The van der Waals surface area contributed by atoms with E-state index in [0.717, 1.165) is 30.4 Å². The number of furan rings is 1. The Kier molecular flexibility index (Phi) is 8.13. The molecule has 122 valence electrons. The van der Waals surface area contributed by atoms with Crippen molar-refractivity contribution in [1.82, 2.24) is 15.2 Å². The molecule has 0 spiro atoms. The molecule has 0 aliphatic heterocycles. The molecule has 8 heteroatoms. The molecule has 0 radical (unpaired) electrons. The van der Waals surface area contributed by atoms with E-state index in [-0.39, 0.29) is 24.0 Å². The molecule has 2 N–H and O–H groups in total. The number of nitrogens with zero attached hydrogens (tertiary/aromatic N) is 2. The highest BCUT2D eigenvalue weighted by Gasteiger charge is 2.09. The zero-order valence-corrected chi connectivity index (χ0v) is 16.2. The van der Waals surface area contributed by atoms with Gasteiger partial charge in [0, 0.05) is 32.8 Å². The second-order valence-corrected chi connectivity index (χ2v) is 5.28. The zero-order valence-electron chi connectivity index (χ0n) is 12.4. The maximum atomic E-state index is 6.04. The number of hydrogen-bond donors (Lipinski definition) is 2. The Hall–Kier alpha value is -0.860. The van der Waals surface area contributed by atoms with Gasteiger partial charge in [0.25, 0.3) is 0 Å². The third kappa shape index (κ3) is 5.10. The Balaban J connectivity index is 0.00000242. The van der Waals surface area contributed by atoms with Crippen molar-refractivity contribution in [3.63, 3.8) is 0 Å². The van der Waals surface area contributed by atoms with Crippen LogP contribution in [0, 0.1) is 0 Å². The third-order valence-corrected chi connectivity index (χ3v) is 3.96. The van der Waals surface area contributed by atoms with Crippen LogP contribution in [0.25, 0.3) is 0 Å². The van der Waals surface area contributed by atoms with Crippen LogP contribution in [0.1, 0.15) is 11.5 Å². The predicted octanol–water partition coefficient (Wildman–Crippen LogP) is 3.45. The molecule has 0 fully saturated rings. The minimum absolute atomic E-state index is 0. The fourth-order valence-electron chi connectivity index (χ4n) is 1.91. The van der Waals surface area contributed by atoms with Crippen molar-refractivity contribution in [2.75, 3.05) is 13.6 Å². The van der Waals surface area contributed by atoms with E-state index in [1.807, 2.05) is 29.8 Å². The number of halogens is 3. The van der Waals surface area contributed by atoms with Crippen LogP contribution in [0.2, 0.25) is 10.2 Å². The highest BCUT2D eigenvalue weighted by atomic mass is 127. The molecule has 0 atom stereocenters. The van der Waals surface area contributed by atoms with Gasteiger partial charge in [0.05, 0.1) is 17.8 Å². The third-order valence-electron chi connectivity index (χ3n) is 3.12. The molecule has 2 aromatic heterocycles. The summed E-state index contributed by atoms with van der Waals surface area (Å²) in [6.45, 7) is 1.32. The SMILES string of the molecule is CN=C(NCCc1ccco1)NCc1cc(Cl)c(Cl)n1C.I. The van der Waals surface area contributed by atoms with Crippen LogP contribution in [0.4, 0.5) is 0 Å². The summed E-state index contributed by atoms with van der Waals surface area (Å²) in [5.41, 5.74) is 0.985. The summed E-state index contributed by atoms with van der Waals surface area (Å²) in [5.74, 6) is 1.66. The first-order valence-electron chi connectivity index (χ1n) is 6.58. The van der Waals surface area contributed by atoms with Crippen LogP contribution in [-0.4, -0.2) is 24.1 Å². The van der Waals surface area contributed by atoms with Gasteiger partial charge in [0.15, 0.2) is 5.96 Å². The summed E-state index contributed by atoms with van der Waals surface area (Å²) >= 11 is 12.0. The summed E-state index contributed by atoms with van der Waals surface area (Å²) < 4.78 is 7.12. The van der Waals surface area contributed by atoms with Crippen molar-refractivity contribution in [3.05, 3.63) is 46.1 Å². The molecule has 0 aliphatic rings. The number of aromatic nitrogens is 1.